The predicted octanol–water partition coefficient (Wildman–Crippen LogP) is 4.35. The van der Waals surface area contributed by atoms with Crippen LogP contribution in [0, 0.1) is 0 Å². The van der Waals surface area contributed by atoms with Gasteiger partial charge in [0.05, 0.1) is 0 Å². The van der Waals surface area contributed by atoms with E-state index in [1.165, 1.54) is 51.9 Å². The molecule has 0 fully saturated rings. The van der Waals surface area contributed by atoms with Crippen LogP contribution in [0.1, 0.15) is 78.1 Å². The highest BCUT2D eigenvalue weighted by Crippen LogP contribution is 2.12. The first-order chi connectivity index (χ1) is 9.16. The van der Waals surface area contributed by atoms with E-state index in [4.69, 9.17) is 0 Å². The second kappa shape index (κ2) is 13.6. The Bertz CT molecular complexity index is 236. The van der Waals surface area contributed by atoms with Crippen molar-refractivity contribution in [3.8, 4) is 0 Å². The Morgan fingerprint density at radius 3 is 2.11 bits per heavy atom. The molecule has 0 amide bonds. The van der Waals surface area contributed by atoms with Crippen molar-refractivity contribution in [2.45, 2.75) is 84.3 Å². The molecule has 0 aromatic heterocycles. The number of carbonyl (C=O) groups is 1. The third-order valence-electron chi connectivity index (χ3n) is 3.11. The maximum atomic E-state index is 10.6. The van der Waals surface area contributed by atoms with Crippen LogP contribution in [0.5, 0.6) is 0 Å². The lowest BCUT2D eigenvalue weighted by molar-refractivity contribution is -0.165. The molecule has 3 heteroatoms. The van der Waals surface area contributed by atoms with E-state index in [-0.39, 0.29) is 0 Å². The summed E-state index contributed by atoms with van der Waals surface area (Å²) in [4.78, 5) is 10.6. The van der Waals surface area contributed by atoms with Gasteiger partial charge in [0.25, 0.3) is 0 Å². The van der Waals surface area contributed by atoms with Gasteiger partial charge in [-0.3, -0.25) is 4.79 Å². The molecular weight excluding hydrogens is 240 g/mol. The second-order valence-electron chi connectivity index (χ2n) is 5.04. The van der Waals surface area contributed by atoms with Crippen LogP contribution < -0.4 is 0 Å². The van der Waals surface area contributed by atoms with E-state index in [9.17, 15) is 9.90 Å². The Hall–Kier alpha value is -0.830. The van der Waals surface area contributed by atoms with Crippen molar-refractivity contribution in [2.24, 2.45) is 0 Å². The topological polar surface area (TPSA) is 46.5 Å². The molecule has 0 aromatic rings. The van der Waals surface area contributed by atoms with Crippen molar-refractivity contribution in [2.75, 3.05) is 0 Å². The van der Waals surface area contributed by atoms with Crippen molar-refractivity contribution in [1.29, 1.82) is 0 Å². The highest BCUT2D eigenvalue weighted by Gasteiger charge is 2.05. The maximum Gasteiger partial charge on any atom is 0.304 e. The fraction of sp³-hybridized carbons (Fsp3) is 0.812. The Morgan fingerprint density at radius 1 is 1.05 bits per heavy atom. The molecule has 19 heavy (non-hydrogen) atoms. The van der Waals surface area contributed by atoms with Crippen molar-refractivity contribution in [1.82, 2.24) is 0 Å². The van der Waals surface area contributed by atoms with Gasteiger partial charge in [0.1, 0.15) is 0 Å². The van der Waals surface area contributed by atoms with Crippen LogP contribution in [0.15, 0.2) is 12.2 Å². The first-order valence-corrected chi connectivity index (χ1v) is 7.63. The van der Waals surface area contributed by atoms with E-state index in [0.717, 1.165) is 12.8 Å². The Morgan fingerprint density at radius 2 is 1.58 bits per heavy atom. The monoisotopic (exact) mass is 270 g/mol. The number of esters is 1. The second-order valence-corrected chi connectivity index (χ2v) is 5.04. The summed E-state index contributed by atoms with van der Waals surface area (Å²) >= 11 is 0. The van der Waals surface area contributed by atoms with Crippen LogP contribution in [0.3, 0.4) is 0 Å². The molecule has 1 unspecified atom stereocenters. The minimum atomic E-state index is -0.913. The third kappa shape index (κ3) is 15.1. The normalized spacial score (nSPS) is 12.8. The van der Waals surface area contributed by atoms with Gasteiger partial charge in [-0.15, -0.1) is 0 Å². The zero-order valence-electron chi connectivity index (χ0n) is 12.6. The molecule has 0 aliphatic rings. The van der Waals surface area contributed by atoms with Crippen molar-refractivity contribution >= 4 is 5.97 Å². The van der Waals surface area contributed by atoms with Gasteiger partial charge in [-0.1, -0.05) is 50.7 Å². The summed E-state index contributed by atoms with van der Waals surface area (Å²) < 4.78 is 4.65. The zero-order valence-corrected chi connectivity index (χ0v) is 12.6. The lowest BCUT2D eigenvalue weighted by Gasteiger charge is -2.09. The van der Waals surface area contributed by atoms with Crippen LogP contribution in [-0.2, 0) is 9.53 Å². The van der Waals surface area contributed by atoms with Crippen LogP contribution in [0.2, 0.25) is 0 Å². The summed E-state index contributed by atoms with van der Waals surface area (Å²) in [6.45, 7) is 3.39. The quantitative estimate of drug-likeness (QED) is 0.248. The minimum absolute atomic E-state index is 0.412. The van der Waals surface area contributed by atoms with Gasteiger partial charge in [0.2, 0.25) is 6.29 Å². The number of hydrogen-bond acceptors (Lipinski definition) is 3. The van der Waals surface area contributed by atoms with Crippen molar-refractivity contribution in [3.05, 3.63) is 12.2 Å². The van der Waals surface area contributed by atoms with Crippen LogP contribution >= 0.6 is 0 Å². The Kier molecular flexibility index (Phi) is 13.0. The number of unbranched alkanes of at least 4 members (excludes halogenated alkanes) is 8. The van der Waals surface area contributed by atoms with E-state index >= 15 is 0 Å². The van der Waals surface area contributed by atoms with Gasteiger partial charge in [-0.2, -0.15) is 0 Å². The minimum Gasteiger partial charge on any atom is -0.436 e. The average molecular weight is 270 g/mol. The lowest BCUT2D eigenvalue weighted by Crippen LogP contribution is -2.14. The van der Waals surface area contributed by atoms with E-state index in [1.54, 1.807) is 0 Å². The molecule has 0 heterocycles. The van der Waals surface area contributed by atoms with Gasteiger partial charge in [0, 0.05) is 13.3 Å². The number of ether oxygens (including phenoxy) is 1. The van der Waals surface area contributed by atoms with Crippen molar-refractivity contribution < 1.29 is 14.6 Å². The predicted molar refractivity (Wildman–Crippen MR) is 78.8 cm³/mol. The summed E-state index contributed by atoms with van der Waals surface area (Å²) in [6.07, 6.45) is 15.0. The van der Waals surface area contributed by atoms with Gasteiger partial charge in [-0.25, -0.2) is 0 Å². The van der Waals surface area contributed by atoms with Crippen LogP contribution in [-0.4, -0.2) is 17.4 Å². The molecule has 0 spiro atoms. The fourth-order valence-electron chi connectivity index (χ4n) is 2.06. The van der Waals surface area contributed by atoms with Gasteiger partial charge in [-0.05, 0) is 26.2 Å². The molecule has 0 saturated heterocycles. The summed E-state index contributed by atoms with van der Waals surface area (Å²) in [5, 5.41) is 9.31. The highest BCUT2D eigenvalue weighted by molar-refractivity contribution is 5.65. The highest BCUT2D eigenvalue weighted by atomic mass is 16.6. The van der Waals surface area contributed by atoms with Gasteiger partial charge >= 0.3 is 5.97 Å². The van der Waals surface area contributed by atoms with Gasteiger partial charge in [0.15, 0.2) is 0 Å². The summed E-state index contributed by atoms with van der Waals surface area (Å²) in [7, 11) is 0. The molecule has 0 aromatic carbocycles. The number of aliphatic hydroxyl groups is 1. The Labute approximate surface area is 118 Å². The molecular formula is C16H30O3. The summed E-state index contributed by atoms with van der Waals surface area (Å²) in [6, 6.07) is 0. The van der Waals surface area contributed by atoms with Crippen LogP contribution in [0.25, 0.3) is 0 Å². The smallest absolute Gasteiger partial charge is 0.304 e. The fourth-order valence-corrected chi connectivity index (χ4v) is 2.06. The average Bonchev–Trinajstić information content (AvgIpc) is 2.35. The summed E-state index contributed by atoms with van der Waals surface area (Å²) in [5.74, 6) is -0.412. The largest absolute Gasteiger partial charge is 0.436 e. The van der Waals surface area contributed by atoms with E-state index in [2.05, 4.69) is 23.8 Å². The first kappa shape index (κ1) is 18.2. The number of allylic oxidation sites excluding steroid dienone is 2. The zero-order chi connectivity index (χ0) is 14.3. The molecule has 1 N–H and O–H groups in total. The number of aliphatic hydroxyl groups excluding tert-OH is 1. The first-order valence-electron chi connectivity index (χ1n) is 7.63. The standard InChI is InChI=1S/C16H30O3/c1-3-4-5-6-7-8-9-10-11-12-13-14-16(18)19-15(2)17/h3-4,16,18H,5-14H2,1-2H3/b4-3+. The molecule has 112 valence electrons. The number of carbonyl (C=O) groups excluding carboxylic acids is 1. The van der Waals surface area contributed by atoms with E-state index in [1.807, 2.05) is 0 Å². The molecule has 1 atom stereocenters. The Balaban J connectivity index is 3.12. The van der Waals surface area contributed by atoms with E-state index in [0.29, 0.717) is 6.42 Å². The molecule has 3 nitrogen and oxygen atoms in total. The summed E-state index contributed by atoms with van der Waals surface area (Å²) in [5.41, 5.74) is 0. The maximum absolute atomic E-state index is 10.6. The van der Waals surface area contributed by atoms with Gasteiger partial charge < -0.3 is 9.84 Å². The molecule has 0 rings (SSSR count). The third-order valence-corrected chi connectivity index (χ3v) is 3.11. The van der Waals surface area contributed by atoms with Crippen molar-refractivity contribution in [3.63, 3.8) is 0 Å². The molecule has 0 saturated carbocycles. The SMILES string of the molecule is C/C=C/CCCCCCCCCCC(O)OC(C)=O. The number of hydrogen-bond donors (Lipinski definition) is 1. The molecule has 0 radical (unpaired) electrons. The number of rotatable bonds is 12. The molecule has 0 aliphatic heterocycles. The van der Waals surface area contributed by atoms with Crippen LogP contribution in [0.4, 0.5) is 0 Å². The molecule has 0 aliphatic carbocycles. The lowest BCUT2D eigenvalue weighted by atomic mass is 10.1. The van der Waals surface area contributed by atoms with E-state index < -0.39 is 12.3 Å². The molecule has 0 bridgehead atoms.